The fourth-order valence-corrected chi connectivity index (χ4v) is 3.64. The molecule has 0 spiro atoms. The quantitative estimate of drug-likeness (QED) is 0.479. The molecule has 0 radical (unpaired) electrons. The van der Waals surface area contributed by atoms with E-state index in [1.54, 1.807) is 19.2 Å². The van der Waals surface area contributed by atoms with Crippen LogP contribution < -0.4 is 10.1 Å². The van der Waals surface area contributed by atoms with E-state index in [0.29, 0.717) is 15.0 Å². The van der Waals surface area contributed by atoms with Crippen LogP contribution >= 0.6 is 23.1 Å². The molecule has 2 N–H and O–H groups in total. The number of nitrogens with one attached hydrogen (secondary N) is 1. The molecule has 0 unspecified atom stereocenters. The van der Waals surface area contributed by atoms with E-state index < -0.39 is 0 Å². The second kappa shape index (κ2) is 8.00. The van der Waals surface area contributed by atoms with Crippen LogP contribution in [-0.4, -0.2) is 33.9 Å². The molecular weight excluding hydrogens is 358 g/mol. The summed E-state index contributed by atoms with van der Waals surface area (Å²) in [5, 5.41) is 21.2. The number of carbonyl (C=O) groups excluding carboxylic acids is 1. The van der Waals surface area contributed by atoms with Crippen molar-refractivity contribution >= 4 is 39.7 Å². The summed E-state index contributed by atoms with van der Waals surface area (Å²) in [6, 6.07) is 13.7. The molecular formula is C17H15N3O3S2. The number of rotatable bonds is 7. The minimum Gasteiger partial charge on any atom is -0.508 e. The Hall–Kier alpha value is -2.58. The van der Waals surface area contributed by atoms with E-state index in [1.807, 2.05) is 24.3 Å². The number of carbonyl (C=O) groups is 1. The smallest absolute Gasteiger partial charge is 0.210 e. The maximum Gasteiger partial charge on any atom is 0.210 e. The lowest BCUT2D eigenvalue weighted by Crippen LogP contribution is -2.01. The summed E-state index contributed by atoms with van der Waals surface area (Å²) in [6.07, 6.45) is 0. The van der Waals surface area contributed by atoms with Crippen molar-refractivity contribution < 1.29 is 14.6 Å². The highest BCUT2D eigenvalue weighted by atomic mass is 32.2. The largest absolute Gasteiger partial charge is 0.508 e. The Kier molecular flexibility index (Phi) is 5.52. The van der Waals surface area contributed by atoms with Crippen LogP contribution in [0.1, 0.15) is 10.4 Å². The highest BCUT2D eigenvalue weighted by molar-refractivity contribution is 8.01. The number of Topliss-reactive ketones (excluding diaryl/α,β-unsaturated/α-hetero) is 1. The lowest BCUT2D eigenvalue weighted by molar-refractivity contribution is 0.102. The van der Waals surface area contributed by atoms with Crippen LogP contribution in [0.2, 0.25) is 0 Å². The number of aromatic hydroxyl groups is 1. The third-order valence-corrected chi connectivity index (χ3v) is 5.24. The molecule has 0 amide bonds. The van der Waals surface area contributed by atoms with E-state index >= 15 is 0 Å². The van der Waals surface area contributed by atoms with Gasteiger partial charge in [0.2, 0.25) is 5.13 Å². The summed E-state index contributed by atoms with van der Waals surface area (Å²) >= 11 is 2.72. The van der Waals surface area contributed by atoms with Gasteiger partial charge in [-0.05, 0) is 48.5 Å². The van der Waals surface area contributed by atoms with Crippen molar-refractivity contribution in [2.75, 3.05) is 18.2 Å². The van der Waals surface area contributed by atoms with Gasteiger partial charge < -0.3 is 15.2 Å². The van der Waals surface area contributed by atoms with E-state index in [0.717, 1.165) is 11.4 Å². The third-order valence-electron chi connectivity index (χ3n) is 3.26. The summed E-state index contributed by atoms with van der Waals surface area (Å²) in [7, 11) is 1.62. The van der Waals surface area contributed by atoms with Gasteiger partial charge in [0.05, 0.1) is 12.9 Å². The van der Waals surface area contributed by atoms with Gasteiger partial charge in [-0.1, -0.05) is 23.1 Å². The van der Waals surface area contributed by atoms with Gasteiger partial charge in [0, 0.05) is 11.3 Å². The van der Waals surface area contributed by atoms with E-state index in [9.17, 15) is 9.90 Å². The third kappa shape index (κ3) is 4.71. The Bertz CT molecular complexity index is 848. The number of phenolic OH excluding ortho intramolecular Hbond substituents is 1. The highest BCUT2D eigenvalue weighted by Gasteiger charge is 2.10. The number of hydrogen-bond acceptors (Lipinski definition) is 8. The van der Waals surface area contributed by atoms with Crippen molar-refractivity contribution in [1.82, 2.24) is 10.2 Å². The molecule has 128 valence electrons. The number of nitrogens with zero attached hydrogens (tertiary/aromatic N) is 2. The first-order valence-corrected chi connectivity index (χ1v) is 9.14. The first-order valence-electron chi connectivity index (χ1n) is 7.33. The topological polar surface area (TPSA) is 84.3 Å². The molecule has 6 nitrogen and oxygen atoms in total. The van der Waals surface area contributed by atoms with Crippen LogP contribution in [0.3, 0.4) is 0 Å². The molecule has 1 heterocycles. The predicted molar refractivity (Wildman–Crippen MR) is 99.3 cm³/mol. The number of anilines is 2. The molecule has 0 fully saturated rings. The Balaban J connectivity index is 1.56. The highest BCUT2D eigenvalue weighted by Crippen LogP contribution is 2.28. The standard InChI is InChI=1S/C17H15N3O3S2/c1-23-14-8-4-12(5-9-14)18-16-19-20-17(25-16)24-10-15(22)11-2-6-13(21)7-3-11/h2-9,21H,10H2,1H3,(H,18,19). The molecule has 0 aliphatic heterocycles. The number of benzene rings is 2. The van der Waals surface area contributed by atoms with Crippen LogP contribution in [0.5, 0.6) is 11.5 Å². The van der Waals surface area contributed by atoms with Crippen LogP contribution in [0.4, 0.5) is 10.8 Å². The molecule has 1 aromatic heterocycles. The average molecular weight is 373 g/mol. The first-order chi connectivity index (χ1) is 12.1. The van der Waals surface area contributed by atoms with E-state index in [4.69, 9.17) is 4.74 Å². The molecule has 0 saturated heterocycles. The molecule has 0 aliphatic carbocycles. The summed E-state index contributed by atoms with van der Waals surface area (Å²) in [5.74, 6) is 1.17. The predicted octanol–water partition coefficient (Wildman–Crippen LogP) is 3.97. The zero-order valence-electron chi connectivity index (χ0n) is 13.3. The fraction of sp³-hybridized carbons (Fsp3) is 0.118. The monoisotopic (exact) mass is 373 g/mol. The zero-order chi connectivity index (χ0) is 17.6. The van der Waals surface area contributed by atoms with Gasteiger partial charge in [-0.2, -0.15) is 0 Å². The zero-order valence-corrected chi connectivity index (χ0v) is 14.9. The maximum atomic E-state index is 12.1. The minimum atomic E-state index is -0.0233. The molecule has 0 aliphatic rings. The number of ether oxygens (including phenoxy) is 1. The lowest BCUT2D eigenvalue weighted by Gasteiger charge is -2.03. The van der Waals surface area contributed by atoms with Crippen molar-refractivity contribution in [3.63, 3.8) is 0 Å². The minimum absolute atomic E-state index is 0.0233. The van der Waals surface area contributed by atoms with E-state index in [2.05, 4.69) is 15.5 Å². The number of hydrogen-bond donors (Lipinski definition) is 2. The molecule has 2 aromatic carbocycles. The van der Waals surface area contributed by atoms with Gasteiger partial charge in [0.25, 0.3) is 0 Å². The van der Waals surface area contributed by atoms with Crippen molar-refractivity contribution in [3.05, 3.63) is 54.1 Å². The summed E-state index contributed by atoms with van der Waals surface area (Å²) < 4.78 is 5.83. The van der Waals surface area contributed by atoms with Gasteiger partial charge in [0.1, 0.15) is 11.5 Å². The molecule has 0 atom stereocenters. The summed E-state index contributed by atoms with van der Waals surface area (Å²) in [6.45, 7) is 0. The number of methoxy groups -OCH3 is 1. The van der Waals surface area contributed by atoms with Crippen molar-refractivity contribution in [2.24, 2.45) is 0 Å². The molecule has 3 rings (SSSR count). The van der Waals surface area contributed by atoms with Gasteiger partial charge in [-0.15, -0.1) is 10.2 Å². The SMILES string of the molecule is COc1ccc(Nc2nnc(SCC(=O)c3ccc(O)cc3)s2)cc1. The number of ketones is 1. The van der Waals surface area contributed by atoms with Crippen molar-refractivity contribution in [1.29, 1.82) is 0 Å². The lowest BCUT2D eigenvalue weighted by atomic mass is 10.1. The Morgan fingerprint density at radius 2 is 1.88 bits per heavy atom. The van der Waals surface area contributed by atoms with E-state index in [1.165, 1.54) is 35.2 Å². The number of aromatic nitrogens is 2. The molecule has 0 saturated carbocycles. The van der Waals surface area contributed by atoms with Crippen LogP contribution in [-0.2, 0) is 0 Å². The van der Waals surface area contributed by atoms with Crippen LogP contribution in [0, 0.1) is 0 Å². The molecule has 25 heavy (non-hydrogen) atoms. The number of thioether (sulfide) groups is 1. The van der Waals surface area contributed by atoms with Crippen LogP contribution in [0.15, 0.2) is 52.9 Å². The Morgan fingerprint density at radius 1 is 1.16 bits per heavy atom. The maximum absolute atomic E-state index is 12.1. The van der Waals surface area contributed by atoms with Gasteiger partial charge in [-0.25, -0.2) is 0 Å². The van der Waals surface area contributed by atoms with Crippen molar-refractivity contribution in [3.8, 4) is 11.5 Å². The Morgan fingerprint density at radius 3 is 2.56 bits per heavy atom. The van der Waals surface area contributed by atoms with E-state index in [-0.39, 0.29) is 17.3 Å². The normalized spacial score (nSPS) is 10.4. The number of phenols is 1. The first kappa shape index (κ1) is 17.2. The molecule has 3 aromatic rings. The Labute approximate surface area is 152 Å². The van der Waals surface area contributed by atoms with Crippen LogP contribution in [0.25, 0.3) is 0 Å². The molecule has 0 bridgehead atoms. The van der Waals surface area contributed by atoms with Crippen molar-refractivity contribution in [2.45, 2.75) is 4.34 Å². The van der Waals surface area contributed by atoms with Gasteiger partial charge in [-0.3, -0.25) is 4.79 Å². The average Bonchev–Trinajstić information content (AvgIpc) is 3.08. The fourth-order valence-electron chi connectivity index (χ4n) is 1.97. The summed E-state index contributed by atoms with van der Waals surface area (Å²) in [4.78, 5) is 12.1. The molecule has 8 heteroatoms. The van der Waals surface area contributed by atoms with Gasteiger partial charge >= 0.3 is 0 Å². The second-order valence-corrected chi connectivity index (χ2v) is 7.19. The summed E-state index contributed by atoms with van der Waals surface area (Å²) in [5.41, 5.74) is 1.44. The van der Waals surface area contributed by atoms with Gasteiger partial charge in [0.15, 0.2) is 10.1 Å². The second-order valence-electron chi connectivity index (χ2n) is 4.99.